The van der Waals surface area contributed by atoms with Crippen LogP contribution in [0.3, 0.4) is 0 Å². The van der Waals surface area contributed by atoms with Crippen molar-refractivity contribution in [1.82, 2.24) is 14.4 Å². The Bertz CT molecular complexity index is 588. The summed E-state index contributed by atoms with van der Waals surface area (Å²) < 4.78 is 45.0. The number of morpholine rings is 1. The van der Waals surface area contributed by atoms with Crippen molar-refractivity contribution >= 4 is 11.3 Å². The third-order valence-electron chi connectivity index (χ3n) is 4.74. The van der Waals surface area contributed by atoms with Gasteiger partial charge < -0.3 is 4.74 Å². The van der Waals surface area contributed by atoms with Crippen LogP contribution in [0.25, 0.3) is 0 Å². The lowest BCUT2D eigenvalue weighted by Gasteiger charge is -2.36. The number of alkyl halides is 3. The maximum atomic E-state index is 13.0. The van der Waals surface area contributed by atoms with Crippen molar-refractivity contribution in [1.29, 1.82) is 0 Å². The molecule has 1 aromatic rings. The third-order valence-corrected chi connectivity index (χ3v) is 5.50. The lowest BCUT2D eigenvalue weighted by Crippen LogP contribution is -2.43. The highest BCUT2D eigenvalue weighted by Gasteiger charge is 2.36. The van der Waals surface area contributed by atoms with Crippen molar-refractivity contribution in [3.05, 3.63) is 20.7 Å². The van der Waals surface area contributed by atoms with Crippen molar-refractivity contribution < 1.29 is 17.9 Å². The molecule has 2 saturated heterocycles. The van der Waals surface area contributed by atoms with E-state index in [2.05, 4.69) is 4.90 Å². The molecule has 2 aliphatic rings. The van der Waals surface area contributed by atoms with Gasteiger partial charge in [-0.15, -0.1) is 0 Å². The van der Waals surface area contributed by atoms with Crippen LogP contribution in [-0.2, 0) is 17.6 Å². The Kier molecular flexibility index (Phi) is 5.63. The topological polar surface area (TPSA) is 37.7 Å². The van der Waals surface area contributed by atoms with E-state index in [9.17, 15) is 18.0 Å². The van der Waals surface area contributed by atoms with Gasteiger partial charge in [-0.25, -0.2) is 0 Å². The summed E-state index contributed by atoms with van der Waals surface area (Å²) in [5.74, 6) is 0.570. The van der Waals surface area contributed by atoms with Crippen molar-refractivity contribution in [2.24, 2.45) is 5.92 Å². The fraction of sp³-hybridized carbons (Fsp3) is 0.800. The molecule has 2 aliphatic heterocycles. The Morgan fingerprint density at radius 2 is 1.79 bits per heavy atom. The van der Waals surface area contributed by atoms with E-state index in [-0.39, 0.29) is 6.67 Å². The summed E-state index contributed by atoms with van der Waals surface area (Å²) in [6.07, 6.45) is -2.57. The second kappa shape index (κ2) is 7.55. The first-order chi connectivity index (χ1) is 11.4. The molecule has 0 atom stereocenters. The summed E-state index contributed by atoms with van der Waals surface area (Å²) >= 11 is 0.613. The summed E-state index contributed by atoms with van der Waals surface area (Å²) in [6, 6.07) is 0. The first-order valence-corrected chi connectivity index (χ1v) is 9.09. The highest BCUT2D eigenvalue weighted by Crippen LogP contribution is 2.30. The van der Waals surface area contributed by atoms with Gasteiger partial charge >= 0.3 is 11.0 Å². The lowest BCUT2D eigenvalue weighted by atomic mass is 9.96. The molecule has 9 heteroatoms. The second-order valence-corrected chi connectivity index (χ2v) is 7.25. The highest BCUT2D eigenvalue weighted by molar-refractivity contribution is 7.07. The van der Waals surface area contributed by atoms with Crippen LogP contribution in [0.2, 0.25) is 0 Å². The summed E-state index contributed by atoms with van der Waals surface area (Å²) in [4.78, 5) is 15.5. The van der Waals surface area contributed by atoms with E-state index in [1.807, 2.05) is 4.90 Å². The predicted molar refractivity (Wildman–Crippen MR) is 85.1 cm³/mol. The zero-order valence-corrected chi connectivity index (χ0v) is 14.2. The third kappa shape index (κ3) is 4.38. The summed E-state index contributed by atoms with van der Waals surface area (Å²) in [5.41, 5.74) is -0.840. The van der Waals surface area contributed by atoms with Gasteiger partial charge in [-0.3, -0.25) is 19.2 Å². The molecule has 3 heterocycles. The van der Waals surface area contributed by atoms with Crippen LogP contribution in [-0.4, -0.2) is 60.3 Å². The van der Waals surface area contributed by atoms with Crippen molar-refractivity contribution in [2.75, 3.05) is 45.9 Å². The minimum atomic E-state index is -4.48. The number of piperidine rings is 1. The molecule has 0 amide bonds. The van der Waals surface area contributed by atoms with Gasteiger partial charge in [0.15, 0.2) is 0 Å². The molecule has 0 aliphatic carbocycles. The Hall–Kier alpha value is -0.900. The molecule has 0 spiro atoms. The number of thiazole rings is 1. The lowest BCUT2D eigenvalue weighted by molar-refractivity contribution is -0.144. The standard InChI is InChI=1S/C15H22F3N3O2S/c16-15(17,18)13-10-24-14(22)21(13)11-20-3-1-12(2-4-20)9-19-5-7-23-8-6-19/h10,12H,1-9,11H2. The minimum Gasteiger partial charge on any atom is -0.379 e. The van der Waals surface area contributed by atoms with Crippen molar-refractivity contribution in [2.45, 2.75) is 25.7 Å². The van der Waals surface area contributed by atoms with E-state index < -0.39 is 16.7 Å². The van der Waals surface area contributed by atoms with Crippen LogP contribution < -0.4 is 4.87 Å². The Balaban J connectivity index is 1.52. The van der Waals surface area contributed by atoms with Crippen molar-refractivity contribution in [3.63, 3.8) is 0 Å². The highest BCUT2D eigenvalue weighted by atomic mass is 32.1. The van der Waals surface area contributed by atoms with E-state index in [1.54, 1.807) is 0 Å². The quantitative estimate of drug-likeness (QED) is 0.817. The number of nitrogens with zero attached hydrogens (tertiary/aromatic N) is 3. The predicted octanol–water partition coefficient (Wildman–Crippen LogP) is 1.93. The van der Waals surface area contributed by atoms with Crippen LogP contribution in [0.5, 0.6) is 0 Å². The van der Waals surface area contributed by atoms with Gasteiger partial charge in [0.2, 0.25) is 0 Å². The smallest absolute Gasteiger partial charge is 0.379 e. The number of aromatic nitrogens is 1. The molecule has 24 heavy (non-hydrogen) atoms. The fourth-order valence-corrected chi connectivity index (χ4v) is 4.10. The SMILES string of the molecule is O=c1scc(C(F)(F)F)n1CN1CCC(CN2CCOCC2)CC1. The zero-order valence-electron chi connectivity index (χ0n) is 13.4. The Morgan fingerprint density at radius 1 is 1.12 bits per heavy atom. The van der Waals surface area contributed by atoms with Gasteiger partial charge in [0, 0.05) is 38.1 Å². The van der Waals surface area contributed by atoms with Gasteiger partial charge in [0.05, 0.1) is 19.9 Å². The van der Waals surface area contributed by atoms with Crippen LogP contribution in [0.4, 0.5) is 13.2 Å². The molecule has 136 valence electrons. The molecule has 1 aromatic heterocycles. The van der Waals surface area contributed by atoms with Gasteiger partial charge in [-0.1, -0.05) is 11.3 Å². The Labute approximate surface area is 142 Å². The number of rotatable bonds is 4. The van der Waals surface area contributed by atoms with E-state index in [0.717, 1.165) is 68.7 Å². The van der Waals surface area contributed by atoms with Gasteiger partial charge in [-0.05, 0) is 18.8 Å². The van der Waals surface area contributed by atoms with E-state index >= 15 is 0 Å². The molecular weight excluding hydrogens is 343 g/mol. The largest absolute Gasteiger partial charge is 0.432 e. The number of hydrogen-bond donors (Lipinski definition) is 0. The van der Waals surface area contributed by atoms with E-state index in [1.165, 1.54) is 0 Å². The first-order valence-electron chi connectivity index (χ1n) is 8.21. The minimum absolute atomic E-state index is 0.0292. The average molecular weight is 365 g/mol. The summed E-state index contributed by atoms with van der Waals surface area (Å²) in [5, 5.41) is 0.910. The second-order valence-electron chi connectivity index (χ2n) is 6.43. The molecule has 0 bridgehead atoms. The van der Waals surface area contributed by atoms with Gasteiger partial charge in [0.1, 0.15) is 5.69 Å². The molecule has 0 unspecified atom stereocenters. The van der Waals surface area contributed by atoms with Crippen LogP contribution in [0, 0.1) is 5.92 Å². The summed E-state index contributed by atoms with van der Waals surface area (Å²) in [7, 11) is 0. The number of ether oxygens (including phenoxy) is 1. The molecular formula is C15H22F3N3O2S. The monoisotopic (exact) mass is 365 g/mol. The number of hydrogen-bond acceptors (Lipinski definition) is 5. The number of likely N-dealkylation sites (tertiary alicyclic amines) is 1. The normalized spacial score (nSPS) is 22.1. The Morgan fingerprint density at radius 3 is 2.42 bits per heavy atom. The molecule has 2 fully saturated rings. The molecule has 3 rings (SSSR count). The number of halogens is 3. The molecule has 0 saturated carbocycles. The summed E-state index contributed by atoms with van der Waals surface area (Å²) in [6.45, 7) is 5.99. The molecule has 0 aromatic carbocycles. The van der Waals surface area contributed by atoms with Crippen LogP contribution >= 0.6 is 11.3 Å². The van der Waals surface area contributed by atoms with Crippen LogP contribution in [0.1, 0.15) is 18.5 Å². The van der Waals surface area contributed by atoms with Crippen LogP contribution in [0.15, 0.2) is 10.2 Å². The maximum Gasteiger partial charge on any atom is 0.432 e. The molecule has 5 nitrogen and oxygen atoms in total. The van der Waals surface area contributed by atoms with Crippen molar-refractivity contribution in [3.8, 4) is 0 Å². The fourth-order valence-electron chi connectivity index (χ4n) is 3.34. The average Bonchev–Trinajstić information content (AvgIpc) is 2.91. The van der Waals surface area contributed by atoms with E-state index in [4.69, 9.17) is 4.74 Å². The zero-order chi connectivity index (χ0) is 17.2. The molecule has 0 radical (unpaired) electrons. The van der Waals surface area contributed by atoms with Gasteiger partial charge in [-0.2, -0.15) is 13.2 Å². The van der Waals surface area contributed by atoms with Gasteiger partial charge in [0.25, 0.3) is 0 Å². The first kappa shape index (κ1) is 17.9. The molecule has 0 N–H and O–H groups in total. The maximum absolute atomic E-state index is 13.0. The van der Waals surface area contributed by atoms with E-state index in [0.29, 0.717) is 17.3 Å².